The van der Waals surface area contributed by atoms with E-state index in [2.05, 4.69) is 4.74 Å². The summed E-state index contributed by atoms with van der Waals surface area (Å²) in [5, 5.41) is -0.505. The number of esters is 1. The molecule has 3 heterocycles. The summed E-state index contributed by atoms with van der Waals surface area (Å²) in [4.78, 5) is 39.3. The lowest BCUT2D eigenvalue weighted by molar-refractivity contribution is -0.148. The Labute approximate surface area is 148 Å². The van der Waals surface area contributed by atoms with Gasteiger partial charge in [0.15, 0.2) is 5.88 Å². The minimum Gasteiger partial charge on any atom is -0.467 e. The number of hydrogen-bond donors (Lipinski definition) is 0. The van der Waals surface area contributed by atoms with E-state index in [4.69, 9.17) is 9.15 Å². The summed E-state index contributed by atoms with van der Waals surface area (Å²) in [6.07, 6.45) is 1.51. The van der Waals surface area contributed by atoms with Gasteiger partial charge in [-0.2, -0.15) is 0 Å². The molecule has 8 nitrogen and oxygen atoms in total. The van der Waals surface area contributed by atoms with Gasteiger partial charge in [0.25, 0.3) is 11.1 Å². The van der Waals surface area contributed by atoms with E-state index in [-0.39, 0.29) is 4.91 Å². The van der Waals surface area contributed by atoms with Crippen LogP contribution in [0.1, 0.15) is 12.7 Å². The summed E-state index contributed by atoms with van der Waals surface area (Å²) in [7, 11) is 1.21. The molecule has 0 spiro atoms. The second-order valence-corrected chi connectivity index (χ2v) is 6.52. The first-order valence-electron chi connectivity index (χ1n) is 7.78. The Kier molecular flexibility index (Phi) is 5.14. The molecule has 0 bridgehead atoms. The van der Waals surface area contributed by atoms with Gasteiger partial charge in [-0.25, -0.2) is 4.79 Å². The number of thioether (sulfide) groups is 1. The Bertz CT molecular complexity index is 722. The zero-order valence-electron chi connectivity index (χ0n) is 13.9. The molecule has 9 heteroatoms. The van der Waals surface area contributed by atoms with Crippen molar-refractivity contribution in [2.75, 3.05) is 38.3 Å². The van der Waals surface area contributed by atoms with Crippen molar-refractivity contribution < 1.29 is 28.3 Å². The van der Waals surface area contributed by atoms with Crippen LogP contribution in [0, 0.1) is 0 Å². The number of carbonyl (C=O) groups is 3. The van der Waals surface area contributed by atoms with E-state index >= 15 is 0 Å². The number of ether oxygens (including phenoxy) is 2. The van der Waals surface area contributed by atoms with Crippen LogP contribution in [0.15, 0.2) is 21.5 Å². The number of amides is 2. The lowest BCUT2D eigenvalue weighted by Crippen LogP contribution is -2.42. The van der Waals surface area contributed by atoms with Crippen LogP contribution in [0.4, 0.5) is 10.7 Å². The third-order valence-corrected chi connectivity index (χ3v) is 4.85. The first-order valence-corrected chi connectivity index (χ1v) is 8.60. The summed E-state index contributed by atoms with van der Waals surface area (Å²) >= 11 is 0.775. The third kappa shape index (κ3) is 3.57. The predicted molar refractivity (Wildman–Crippen MR) is 91.0 cm³/mol. The number of anilines is 1. The van der Waals surface area contributed by atoms with Crippen molar-refractivity contribution in [3.8, 4) is 0 Å². The minimum absolute atomic E-state index is 0.212. The van der Waals surface area contributed by atoms with E-state index in [9.17, 15) is 14.4 Å². The van der Waals surface area contributed by atoms with Crippen LogP contribution in [0.5, 0.6) is 0 Å². The Morgan fingerprint density at radius 1 is 1.32 bits per heavy atom. The smallest absolute Gasteiger partial charge is 0.328 e. The largest absolute Gasteiger partial charge is 0.467 e. The summed E-state index contributed by atoms with van der Waals surface area (Å²) < 4.78 is 15.6. The summed E-state index contributed by atoms with van der Waals surface area (Å²) in [5.74, 6) is -0.0113. The Morgan fingerprint density at radius 2 is 2.04 bits per heavy atom. The highest BCUT2D eigenvalue weighted by atomic mass is 32.2. The monoisotopic (exact) mass is 366 g/mol. The molecule has 1 aromatic rings. The van der Waals surface area contributed by atoms with Crippen molar-refractivity contribution in [1.82, 2.24) is 4.90 Å². The molecule has 0 unspecified atom stereocenters. The maximum atomic E-state index is 12.4. The highest BCUT2D eigenvalue weighted by Crippen LogP contribution is 2.34. The molecule has 134 valence electrons. The van der Waals surface area contributed by atoms with Crippen molar-refractivity contribution in [1.29, 1.82) is 0 Å². The topological polar surface area (TPSA) is 89.3 Å². The summed E-state index contributed by atoms with van der Waals surface area (Å²) in [6, 6.07) is 2.59. The third-order valence-electron chi connectivity index (χ3n) is 3.96. The molecule has 2 amide bonds. The molecule has 0 radical (unpaired) electrons. The molecule has 0 saturated carbocycles. The van der Waals surface area contributed by atoms with Crippen LogP contribution in [0.2, 0.25) is 0 Å². The lowest BCUT2D eigenvalue weighted by atomic mass is 10.3. The Balaban J connectivity index is 1.76. The molecule has 1 aromatic heterocycles. The first-order chi connectivity index (χ1) is 12.0. The Morgan fingerprint density at radius 3 is 2.72 bits per heavy atom. The Hall–Kier alpha value is -2.26. The van der Waals surface area contributed by atoms with Crippen LogP contribution in [0.25, 0.3) is 6.08 Å². The summed E-state index contributed by atoms with van der Waals surface area (Å²) in [6.45, 7) is 4.20. The van der Waals surface area contributed by atoms with E-state index in [1.54, 1.807) is 6.07 Å². The van der Waals surface area contributed by atoms with Gasteiger partial charge in [-0.1, -0.05) is 0 Å². The molecule has 2 aliphatic heterocycles. The van der Waals surface area contributed by atoms with Crippen LogP contribution in [-0.2, 0) is 19.1 Å². The van der Waals surface area contributed by atoms with Crippen molar-refractivity contribution in [2.24, 2.45) is 0 Å². The number of imide groups is 1. The fraction of sp³-hybridized carbons (Fsp3) is 0.438. The van der Waals surface area contributed by atoms with E-state index < -0.39 is 23.2 Å². The number of rotatable bonds is 4. The zero-order chi connectivity index (χ0) is 18.0. The van der Waals surface area contributed by atoms with Gasteiger partial charge in [0.05, 0.1) is 25.2 Å². The van der Waals surface area contributed by atoms with Gasteiger partial charge >= 0.3 is 5.97 Å². The molecular formula is C16H18N2O6S. The zero-order valence-corrected chi connectivity index (χ0v) is 14.7. The number of furan rings is 1. The lowest BCUT2D eigenvalue weighted by Gasteiger charge is -2.26. The van der Waals surface area contributed by atoms with Crippen molar-refractivity contribution in [3.63, 3.8) is 0 Å². The number of hydrogen-bond acceptors (Lipinski definition) is 8. The molecule has 25 heavy (non-hydrogen) atoms. The van der Waals surface area contributed by atoms with Gasteiger partial charge in [-0.3, -0.25) is 14.5 Å². The van der Waals surface area contributed by atoms with Crippen molar-refractivity contribution in [2.45, 2.75) is 13.0 Å². The first kappa shape index (κ1) is 17.6. The van der Waals surface area contributed by atoms with Crippen LogP contribution in [0.3, 0.4) is 0 Å². The maximum Gasteiger partial charge on any atom is 0.328 e. The van der Waals surface area contributed by atoms with E-state index in [0.717, 1.165) is 29.8 Å². The van der Waals surface area contributed by atoms with Crippen LogP contribution >= 0.6 is 11.8 Å². The van der Waals surface area contributed by atoms with Gasteiger partial charge in [0.2, 0.25) is 0 Å². The fourth-order valence-electron chi connectivity index (χ4n) is 2.59. The molecule has 2 saturated heterocycles. The van der Waals surface area contributed by atoms with Gasteiger partial charge in [-0.05, 0) is 24.8 Å². The second-order valence-electron chi connectivity index (χ2n) is 5.53. The molecule has 0 aliphatic carbocycles. The van der Waals surface area contributed by atoms with Gasteiger partial charge < -0.3 is 18.8 Å². The van der Waals surface area contributed by atoms with E-state index in [0.29, 0.717) is 24.9 Å². The molecule has 1 atom stereocenters. The molecule has 2 aliphatic rings. The minimum atomic E-state index is -0.969. The highest BCUT2D eigenvalue weighted by Gasteiger charge is 2.41. The van der Waals surface area contributed by atoms with Gasteiger partial charge in [0, 0.05) is 25.2 Å². The summed E-state index contributed by atoms with van der Waals surface area (Å²) in [5.41, 5.74) is 0. The van der Waals surface area contributed by atoms with Crippen molar-refractivity contribution in [3.05, 3.63) is 22.8 Å². The molecule has 0 N–H and O–H groups in total. The second kappa shape index (κ2) is 7.32. The van der Waals surface area contributed by atoms with Crippen molar-refractivity contribution >= 4 is 40.8 Å². The van der Waals surface area contributed by atoms with Crippen LogP contribution in [-0.4, -0.2) is 61.5 Å². The number of methoxy groups -OCH3 is 1. The molecule has 3 rings (SSSR count). The highest BCUT2D eigenvalue weighted by molar-refractivity contribution is 8.18. The van der Waals surface area contributed by atoms with Gasteiger partial charge in [-0.15, -0.1) is 0 Å². The molecule has 2 fully saturated rings. The quantitative estimate of drug-likeness (QED) is 0.588. The van der Waals surface area contributed by atoms with Crippen LogP contribution < -0.4 is 4.90 Å². The SMILES string of the molecule is COC(=O)[C@H](C)N1C(=O)S/C(=C/c2ccc(N3CCOCC3)o2)C1=O. The number of morpholine rings is 1. The molecular weight excluding hydrogens is 348 g/mol. The van der Waals surface area contributed by atoms with E-state index in [1.165, 1.54) is 20.1 Å². The number of nitrogens with zero attached hydrogens (tertiary/aromatic N) is 2. The average molecular weight is 366 g/mol. The molecule has 0 aromatic carbocycles. The normalized spacial score (nSPS) is 21.1. The maximum absolute atomic E-state index is 12.4. The standard InChI is InChI=1S/C16H18N2O6S/c1-10(15(20)22-2)18-14(19)12(25-16(18)21)9-11-3-4-13(24-11)17-5-7-23-8-6-17/h3-4,9-10H,5-8H2,1-2H3/b12-9+/t10-/m0/s1. The fourth-order valence-corrected chi connectivity index (χ4v) is 3.48. The van der Waals surface area contributed by atoms with Gasteiger partial charge in [0.1, 0.15) is 11.8 Å². The predicted octanol–water partition coefficient (Wildman–Crippen LogP) is 1.71. The number of carbonyl (C=O) groups excluding carboxylic acids is 3. The van der Waals surface area contributed by atoms with E-state index in [1.807, 2.05) is 11.0 Å². The average Bonchev–Trinajstić information content (AvgIpc) is 3.19.